The lowest BCUT2D eigenvalue weighted by Gasteiger charge is -2.20. The molecule has 0 radical (unpaired) electrons. The zero-order valence-electron chi connectivity index (χ0n) is 13.9. The van der Waals surface area contributed by atoms with Crippen molar-refractivity contribution < 1.29 is 4.79 Å². The predicted molar refractivity (Wildman–Crippen MR) is 99.8 cm³/mol. The van der Waals surface area contributed by atoms with Gasteiger partial charge >= 0.3 is 0 Å². The molecule has 0 atom stereocenters. The Balaban J connectivity index is 2.37. The first-order chi connectivity index (χ1) is 11.2. The summed E-state index contributed by atoms with van der Waals surface area (Å²) in [7, 11) is 0. The fourth-order valence-electron chi connectivity index (χ4n) is 2.16. The molecule has 2 rings (SSSR count). The number of carbonyl (C=O) groups excluding carboxylic acids is 1. The monoisotopic (exact) mass is 365 g/mol. The van der Waals surface area contributed by atoms with E-state index in [4.69, 9.17) is 11.6 Å². The van der Waals surface area contributed by atoms with Crippen molar-refractivity contribution in [2.45, 2.75) is 38.0 Å². The van der Waals surface area contributed by atoms with Crippen LogP contribution in [0.2, 0.25) is 5.02 Å². The maximum absolute atomic E-state index is 12.6. The van der Waals surface area contributed by atoms with Crippen LogP contribution in [0.25, 0.3) is 10.9 Å². The van der Waals surface area contributed by atoms with Crippen LogP contribution in [0.5, 0.6) is 0 Å². The number of amides is 1. The zero-order chi connectivity index (χ0) is 17.9. The molecule has 0 saturated heterocycles. The largest absolute Gasteiger partial charge is 0.351 e. The number of hydrogen-bond acceptors (Lipinski definition) is 4. The third-order valence-corrected chi connectivity index (χ3v) is 4.25. The van der Waals surface area contributed by atoms with Gasteiger partial charge in [0.1, 0.15) is 0 Å². The highest BCUT2D eigenvalue weighted by Gasteiger charge is 2.16. The van der Waals surface area contributed by atoms with Gasteiger partial charge in [0.05, 0.1) is 16.7 Å². The first kappa shape index (κ1) is 18.5. The summed E-state index contributed by atoms with van der Waals surface area (Å²) in [5, 5.41) is 4.36. The standard InChI is InChI=1S/C17H20ClN3O2S/c1-5-8-21-15(23)12-7-6-11(18)9-13(12)19-16(21)24-10-14(22)20-17(2,3)4/h5-7,9H,1,8,10H2,2-4H3,(H,20,22). The minimum atomic E-state index is -0.303. The Kier molecular flexibility index (Phi) is 5.72. The molecular weight excluding hydrogens is 346 g/mol. The highest BCUT2D eigenvalue weighted by atomic mass is 35.5. The number of aromatic nitrogens is 2. The number of allylic oxidation sites excluding steroid dienone is 1. The summed E-state index contributed by atoms with van der Waals surface area (Å²) >= 11 is 7.21. The third-order valence-electron chi connectivity index (χ3n) is 3.04. The number of hydrogen-bond donors (Lipinski definition) is 1. The van der Waals surface area contributed by atoms with Gasteiger partial charge in [0.2, 0.25) is 5.91 Å². The van der Waals surface area contributed by atoms with Crippen molar-refractivity contribution in [3.8, 4) is 0 Å². The molecule has 24 heavy (non-hydrogen) atoms. The Hall–Kier alpha value is -1.79. The van der Waals surface area contributed by atoms with Crippen LogP contribution in [0.1, 0.15) is 20.8 Å². The molecule has 1 N–H and O–H groups in total. The number of nitrogens with zero attached hydrogens (tertiary/aromatic N) is 2. The number of halogens is 1. The Morgan fingerprint density at radius 1 is 1.46 bits per heavy atom. The van der Waals surface area contributed by atoms with Crippen LogP contribution in [-0.2, 0) is 11.3 Å². The molecule has 1 heterocycles. The molecule has 5 nitrogen and oxygen atoms in total. The molecule has 0 aliphatic carbocycles. The molecule has 0 unspecified atom stereocenters. The van der Waals surface area contributed by atoms with E-state index in [-0.39, 0.29) is 22.8 Å². The Morgan fingerprint density at radius 2 is 2.17 bits per heavy atom. The molecular formula is C17H20ClN3O2S. The second-order valence-electron chi connectivity index (χ2n) is 6.35. The minimum absolute atomic E-state index is 0.113. The van der Waals surface area contributed by atoms with E-state index >= 15 is 0 Å². The molecule has 0 aliphatic rings. The fraction of sp³-hybridized carbons (Fsp3) is 0.353. The Bertz CT molecular complexity index is 840. The van der Waals surface area contributed by atoms with Crippen molar-refractivity contribution in [3.05, 3.63) is 46.2 Å². The summed E-state index contributed by atoms with van der Waals surface area (Å²) in [5.74, 6) is 0.0607. The highest BCUT2D eigenvalue weighted by molar-refractivity contribution is 7.99. The van der Waals surface area contributed by atoms with Gasteiger partial charge in [0.15, 0.2) is 5.16 Å². The normalized spacial score (nSPS) is 11.5. The van der Waals surface area contributed by atoms with Crippen LogP contribution in [0.4, 0.5) is 0 Å². The van der Waals surface area contributed by atoms with E-state index in [9.17, 15) is 9.59 Å². The number of fused-ring (bicyclic) bond motifs is 1. The van der Waals surface area contributed by atoms with Gasteiger partial charge in [-0.05, 0) is 39.0 Å². The lowest BCUT2D eigenvalue weighted by atomic mass is 10.1. The summed E-state index contributed by atoms with van der Waals surface area (Å²) in [4.78, 5) is 29.2. The van der Waals surface area contributed by atoms with Crippen molar-refractivity contribution in [2.75, 3.05) is 5.75 Å². The zero-order valence-corrected chi connectivity index (χ0v) is 15.5. The van der Waals surface area contributed by atoms with Gasteiger partial charge in [-0.15, -0.1) is 6.58 Å². The maximum atomic E-state index is 12.6. The Morgan fingerprint density at radius 3 is 2.79 bits per heavy atom. The van der Waals surface area contributed by atoms with E-state index < -0.39 is 0 Å². The van der Waals surface area contributed by atoms with Crippen LogP contribution in [0.15, 0.2) is 40.8 Å². The molecule has 0 aliphatic heterocycles. The van der Waals surface area contributed by atoms with Crippen molar-refractivity contribution in [3.63, 3.8) is 0 Å². The van der Waals surface area contributed by atoms with Crippen molar-refractivity contribution in [1.29, 1.82) is 0 Å². The first-order valence-corrected chi connectivity index (χ1v) is 8.82. The third kappa shape index (κ3) is 4.61. The van der Waals surface area contributed by atoms with Crippen LogP contribution in [-0.4, -0.2) is 26.8 Å². The second-order valence-corrected chi connectivity index (χ2v) is 7.73. The van der Waals surface area contributed by atoms with Gasteiger partial charge in [0.25, 0.3) is 5.56 Å². The molecule has 0 saturated carbocycles. The van der Waals surface area contributed by atoms with Crippen LogP contribution < -0.4 is 10.9 Å². The molecule has 1 aromatic carbocycles. The summed E-state index contributed by atoms with van der Waals surface area (Å²) in [6.45, 7) is 9.75. The van der Waals surface area contributed by atoms with Crippen LogP contribution >= 0.6 is 23.4 Å². The van der Waals surface area contributed by atoms with Gasteiger partial charge in [-0.2, -0.15) is 0 Å². The molecule has 7 heteroatoms. The number of carbonyl (C=O) groups is 1. The van der Waals surface area contributed by atoms with Gasteiger partial charge in [-0.1, -0.05) is 29.4 Å². The van der Waals surface area contributed by atoms with Crippen molar-refractivity contribution in [2.24, 2.45) is 0 Å². The first-order valence-electron chi connectivity index (χ1n) is 7.46. The quantitative estimate of drug-likeness (QED) is 0.502. The van der Waals surface area contributed by atoms with E-state index in [2.05, 4.69) is 16.9 Å². The minimum Gasteiger partial charge on any atom is -0.351 e. The lowest BCUT2D eigenvalue weighted by Crippen LogP contribution is -2.41. The molecule has 1 amide bonds. The predicted octanol–water partition coefficient (Wildman–Crippen LogP) is 3.24. The molecule has 2 aromatic rings. The topological polar surface area (TPSA) is 64.0 Å². The average Bonchev–Trinajstić information content (AvgIpc) is 2.46. The summed E-state index contributed by atoms with van der Waals surface area (Å²) < 4.78 is 1.51. The maximum Gasteiger partial charge on any atom is 0.262 e. The van der Waals surface area contributed by atoms with E-state index in [1.54, 1.807) is 24.3 Å². The molecule has 0 bridgehead atoms. The number of thioether (sulfide) groups is 1. The molecule has 1 aromatic heterocycles. The van der Waals surface area contributed by atoms with Gasteiger partial charge in [-0.3, -0.25) is 14.2 Å². The number of nitrogens with one attached hydrogen (secondary N) is 1. The summed E-state index contributed by atoms with van der Waals surface area (Å²) in [6.07, 6.45) is 1.63. The SMILES string of the molecule is C=CCn1c(SCC(=O)NC(C)(C)C)nc2cc(Cl)ccc2c1=O. The average molecular weight is 366 g/mol. The van der Waals surface area contributed by atoms with E-state index in [0.29, 0.717) is 27.6 Å². The van der Waals surface area contributed by atoms with E-state index in [1.807, 2.05) is 20.8 Å². The van der Waals surface area contributed by atoms with Crippen LogP contribution in [0.3, 0.4) is 0 Å². The van der Waals surface area contributed by atoms with Crippen LogP contribution in [0, 0.1) is 0 Å². The van der Waals surface area contributed by atoms with E-state index in [1.165, 1.54) is 16.3 Å². The smallest absolute Gasteiger partial charge is 0.262 e. The Labute approximate surface area is 150 Å². The second kappa shape index (κ2) is 7.40. The van der Waals surface area contributed by atoms with Gasteiger partial charge in [-0.25, -0.2) is 4.98 Å². The molecule has 0 fully saturated rings. The highest BCUT2D eigenvalue weighted by Crippen LogP contribution is 2.20. The fourth-order valence-corrected chi connectivity index (χ4v) is 3.13. The summed E-state index contributed by atoms with van der Waals surface area (Å²) in [5.41, 5.74) is 0.0461. The lowest BCUT2D eigenvalue weighted by molar-refractivity contribution is -0.119. The van der Waals surface area contributed by atoms with Gasteiger partial charge in [0, 0.05) is 17.1 Å². The number of rotatable bonds is 5. The molecule has 0 spiro atoms. The van der Waals surface area contributed by atoms with Gasteiger partial charge < -0.3 is 5.32 Å². The molecule has 128 valence electrons. The van der Waals surface area contributed by atoms with E-state index in [0.717, 1.165) is 0 Å². The number of benzene rings is 1. The summed E-state index contributed by atoms with van der Waals surface area (Å²) in [6, 6.07) is 4.97. The van der Waals surface area contributed by atoms with Crippen molar-refractivity contribution >= 4 is 40.2 Å². The van der Waals surface area contributed by atoms with Crippen molar-refractivity contribution in [1.82, 2.24) is 14.9 Å².